The van der Waals surface area contributed by atoms with E-state index in [1.54, 1.807) is 5.57 Å². The van der Waals surface area contributed by atoms with Crippen LogP contribution in [0, 0.1) is 0 Å². The van der Waals surface area contributed by atoms with Gasteiger partial charge in [0.2, 0.25) is 0 Å². The van der Waals surface area contributed by atoms with E-state index < -0.39 is 0 Å². The van der Waals surface area contributed by atoms with Crippen molar-refractivity contribution in [2.45, 2.75) is 71.8 Å². The molecule has 1 atom stereocenters. The van der Waals surface area contributed by atoms with E-state index in [0.717, 1.165) is 32.0 Å². The zero-order valence-corrected chi connectivity index (χ0v) is 18.6. The first kappa shape index (κ1) is 23.7. The van der Waals surface area contributed by atoms with E-state index in [1.807, 2.05) is 7.05 Å². The van der Waals surface area contributed by atoms with Crippen LogP contribution in [0.4, 0.5) is 0 Å². The first-order chi connectivity index (χ1) is 11.2. The Morgan fingerprint density at radius 2 is 2.04 bits per heavy atom. The molecule has 0 bridgehead atoms. The molecule has 24 heavy (non-hydrogen) atoms. The molecule has 0 radical (unpaired) electrons. The van der Waals surface area contributed by atoms with Crippen molar-refractivity contribution < 1.29 is 0 Å². The highest BCUT2D eigenvalue weighted by Gasteiger charge is 2.07. The molecule has 5 heteroatoms. The molecule has 0 heterocycles. The second kappa shape index (κ2) is 15.0. The zero-order chi connectivity index (χ0) is 16.9. The number of allylic oxidation sites excluding steroid dienone is 1. The lowest BCUT2D eigenvalue weighted by Crippen LogP contribution is -2.42. The van der Waals surface area contributed by atoms with Crippen molar-refractivity contribution in [1.29, 1.82) is 0 Å². The van der Waals surface area contributed by atoms with Crippen LogP contribution in [0.3, 0.4) is 0 Å². The Morgan fingerprint density at radius 3 is 2.62 bits per heavy atom. The van der Waals surface area contributed by atoms with Gasteiger partial charge in [-0.1, -0.05) is 25.5 Å². The summed E-state index contributed by atoms with van der Waals surface area (Å²) in [5.41, 5.74) is 1.62. The number of aliphatic imine (C=N–C) groups is 1. The van der Waals surface area contributed by atoms with Crippen LogP contribution in [-0.4, -0.2) is 50.1 Å². The molecular weight excluding hydrogens is 411 g/mol. The Balaban J connectivity index is 0.00000529. The zero-order valence-electron chi connectivity index (χ0n) is 16.2. The lowest BCUT2D eigenvalue weighted by molar-refractivity contribution is 0.292. The van der Waals surface area contributed by atoms with Crippen LogP contribution in [0.15, 0.2) is 16.6 Å². The molecule has 2 N–H and O–H groups in total. The van der Waals surface area contributed by atoms with E-state index in [0.29, 0.717) is 6.04 Å². The third-order valence-corrected chi connectivity index (χ3v) is 4.74. The second-order valence-corrected chi connectivity index (χ2v) is 6.57. The Morgan fingerprint density at radius 1 is 1.29 bits per heavy atom. The van der Waals surface area contributed by atoms with Crippen LogP contribution >= 0.6 is 24.0 Å². The van der Waals surface area contributed by atoms with Crippen molar-refractivity contribution in [3.8, 4) is 0 Å². The van der Waals surface area contributed by atoms with Crippen LogP contribution in [0.25, 0.3) is 0 Å². The highest BCUT2D eigenvalue weighted by atomic mass is 127. The molecule has 1 unspecified atom stereocenters. The van der Waals surface area contributed by atoms with Crippen molar-refractivity contribution in [3.05, 3.63) is 11.6 Å². The summed E-state index contributed by atoms with van der Waals surface area (Å²) >= 11 is 0. The summed E-state index contributed by atoms with van der Waals surface area (Å²) in [6, 6.07) is 0.464. The van der Waals surface area contributed by atoms with E-state index in [1.165, 1.54) is 45.1 Å². The van der Waals surface area contributed by atoms with Crippen molar-refractivity contribution in [2.24, 2.45) is 4.99 Å². The highest BCUT2D eigenvalue weighted by molar-refractivity contribution is 14.0. The minimum Gasteiger partial charge on any atom is -0.356 e. The van der Waals surface area contributed by atoms with Crippen LogP contribution in [0.5, 0.6) is 0 Å². The van der Waals surface area contributed by atoms with Crippen molar-refractivity contribution in [3.63, 3.8) is 0 Å². The molecule has 0 fully saturated rings. The Bertz CT molecular complexity index is 364. The van der Waals surface area contributed by atoms with E-state index in [-0.39, 0.29) is 24.0 Å². The summed E-state index contributed by atoms with van der Waals surface area (Å²) in [5.74, 6) is 0.941. The molecule has 0 aromatic rings. The standard InChI is InChI=1S/C19H38N4.HI/c1-5-23(6-2)16-10-11-17(3)22-19(20-4)21-15-14-18-12-8-7-9-13-18;/h12,17H,5-11,13-16H2,1-4H3,(H2,20,21,22);1H. The van der Waals surface area contributed by atoms with Gasteiger partial charge < -0.3 is 15.5 Å². The summed E-state index contributed by atoms with van der Waals surface area (Å²) in [6.45, 7) is 11.2. The first-order valence-corrected chi connectivity index (χ1v) is 9.57. The summed E-state index contributed by atoms with van der Waals surface area (Å²) in [7, 11) is 1.86. The molecule has 4 nitrogen and oxygen atoms in total. The van der Waals surface area contributed by atoms with Gasteiger partial charge in [0.05, 0.1) is 0 Å². The van der Waals surface area contributed by atoms with Gasteiger partial charge in [0.1, 0.15) is 0 Å². The topological polar surface area (TPSA) is 39.7 Å². The number of nitrogens with one attached hydrogen (secondary N) is 2. The van der Waals surface area contributed by atoms with Gasteiger partial charge >= 0.3 is 0 Å². The van der Waals surface area contributed by atoms with Crippen molar-refractivity contribution >= 4 is 29.9 Å². The van der Waals surface area contributed by atoms with Crippen molar-refractivity contribution in [2.75, 3.05) is 33.2 Å². The quantitative estimate of drug-likeness (QED) is 0.227. The number of guanidine groups is 1. The maximum Gasteiger partial charge on any atom is 0.191 e. The molecule has 0 spiro atoms. The molecule has 142 valence electrons. The third kappa shape index (κ3) is 10.5. The normalized spacial score (nSPS) is 16.4. The second-order valence-electron chi connectivity index (χ2n) is 6.57. The van der Waals surface area contributed by atoms with E-state index in [4.69, 9.17) is 0 Å². The predicted octanol–water partition coefficient (Wildman–Crippen LogP) is 4.17. The van der Waals surface area contributed by atoms with Gasteiger partial charge in [0.15, 0.2) is 5.96 Å². The molecule has 0 aliphatic heterocycles. The number of halogens is 1. The maximum atomic E-state index is 4.35. The molecule has 1 rings (SSSR count). The molecule has 0 aromatic heterocycles. The SMILES string of the molecule is CCN(CC)CCCC(C)NC(=NC)NCCC1=CCCCC1.I. The van der Waals surface area contributed by atoms with E-state index in [2.05, 4.69) is 47.4 Å². The summed E-state index contributed by atoms with van der Waals surface area (Å²) < 4.78 is 0. The Hall–Kier alpha value is -0.300. The number of nitrogens with zero attached hydrogens (tertiary/aromatic N) is 2. The van der Waals surface area contributed by atoms with Gasteiger partial charge in [-0.2, -0.15) is 0 Å². The smallest absolute Gasteiger partial charge is 0.191 e. The molecule has 0 aromatic carbocycles. The molecular formula is C19H39IN4. The van der Waals surface area contributed by atoms with Gasteiger partial charge in [-0.05, 0) is 71.5 Å². The summed E-state index contributed by atoms with van der Waals surface area (Å²) in [6.07, 6.45) is 11.3. The number of rotatable bonds is 10. The fourth-order valence-electron chi connectivity index (χ4n) is 3.13. The van der Waals surface area contributed by atoms with Crippen LogP contribution in [0.1, 0.15) is 65.7 Å². The number of hydrogen-bond donors (Lipinski definition) is 2. The first-order valence-electron chi connectivity index (χ1n) is 9.57. The monoisotopic (exact) mass is 450 g/mol. The highest BCUT2D eigenvalue weighted by Crippen LogP contribution is 2.19. The maximum absolute atomic E-state index is 4.35. The molecule has 1 aliphatic carbocycles. The van der Waals surface area contributed by atoms with Crippen LogP contribution in [-0.2, 0) is 0 Å². The van der Waals surface area contributed by atoms with Gasteiger partial charge in [-0.15, -0.1) is 24.0 Å². The van der Waals surface area contributed by atoms with Crippen LogP contribution in [0.2, 0.25) is 0 Å². The number of hydrogen-bond acceptors (Lipinski definition) is 2. The fourth-order valence-corrected chi connectivity index (χ4v) is 3.13. The van der Waals surface area contributed by atoms with Gasteiger partial charge in [-0.25, -0.2) is 0 Å². The molecule has 0 saturated heterocycles. The fraction of sp³-hybridized carbons (Fsp3) is 0.842. The Labute approximate surface area is 167 Å². The third-order valence-electron chi connectivity index (χ3n) is 4.74. The minimum absolute atomic E-state index is 0. The lowest BCUT2D eigenvalue weighted by Gasteiger charge is -2.21. The predicted molar refractivity (Wildman–Crippen MR) is 118 cm³/mol. The van der Waals surface area contributed by atoms with Crippen molar-refractivity contribution in [1.82, 2.24) is 15.5 Å². The van der Waals surface area contributed by atoms with Crippen LogP contribution < -0.4 is 10.6 Å². The Kier molecular flexibility index (Phi) is 14.8. The lowest BCUT2D eigenvalue weighted by atomic mass is 9.97. The van der Waals surface area contributed by atoms with E-state index >= 15 is 0 Å². The molecule has 0 amide bonds. The van der Waals surface area contributed by atoms with Gasteiger partial charge in [0.25, 0.3) is 0 Å². The van der Waals surface area contributed by atoms with Gasteiger partial charge in [-0.3, -0.25) is 4.99 Å². The largest absolute Gasteiger partial charge is 0.356 e. The van der Waals surface area contributed by atoms with E-state index in [9.17, 15) is 0 Å². The average Bonchev–Trinajstić information content (AvgIpc) is 2.58. The molecule has 0 saturated carbocycles. The minimum atomic E-state index is 0. The summed E-state index contributed by atoms with van der Waals surface area (Å²) in [5, 5.41) is 6.97. The summed E-state index contributed by atoms with van der Waals surface area (Å²) in [4.78, 5) is 6.83. The average molecular weight is 450 g/mol. The van der Waals surface area contributed by atoms with Gasteiger partial charge in [0, 0.05) is 19.6 Å². The molecule has 1 aliphatic rings.